The third-order valence-corrected chi connectivity index (χ3v) is 5.20. The van der Waals surface area contributed by atoms with E-state index >= 15 is 0 Å². The number of para-hydroxylation sites is 6. The van der Waals surface area contributed by atoms with Gasteiger partial charge in [0, 0.05) is 18.4 Å². The fourth-order valence-corrected chi connectivity index (χ4v) is 3.45. The van der Waals surface area contributed by atoms with Gasteiger partial charge < -0.3 is 15.5 Å². The van der Waals surface area contributed by atoms with Crippen LogP contribution < -0.4 is 4.90 Å². The van der Waals surface area contributed by atoms with Gasteiger partial charge in [-0.3, -0.25) is 0 Å². The summed E-state index contributed by atoms with van der Waals surface area (Å²) in [5.41, 5.74) is 8.21. The van der Waals surface area contributed by atoms with Gasteiger partial charge in [0.15, 0.2) is 0 Å². The molecular weight excluding hydrogens is 485 g/mol. The van der Waals surface area contributed by atoms with Gasteiger partial charge in [0.1, 0.15) is 0 Å². The fraction of sp³-hybridized carbons (Fsp3) is 0.111. The maximum atomic E-state index is 4.94. The van der Waals surface area contributed by atoms with Crippen LogP contribution in [0.25, 0.3) is 10.6 Å². The monoisotopic (exact) mass is 509 g/mol. The molecule has 33 heavy (non-hydrogen) atoms. The molecule has 0 spiro atoms. The average molecular weight is 510 g/mol. The van der Waals surface area contributed by atoms with Crippen LogP contribution in [0.2, 0.25) is 0 Å². The van der Waals surface area contributed by atoms with Gasteiger partial charge in [0.25, 0.3) is 0 Å². The first kappa shape index (κ1) is 25.2. The third-order valence-electron chi connectivity index (χ3n) is 5.20. The van der Waals surface area contributed by atoms with E-state index in [1.54, 1.807) is 0 Å². The zero-order chi connectivity index (χ0) is 23.6. The van der Waals surface area contributed by atoms with E-state index in [2.05, 4.69) is 62.2 Å². The first-order valence-electron chi connectivity index (χ1n) is 10.5. The average Bonchev–Trinajstić information content (AvgIpc) is 2.83. The Balaban J connectivity index is 0.000000968. The van der Waals surface area contributed by atoms with E-state index < -0.39 is 17.0 Å². The zero-order valence-corrected chi connectivity index (χ0v) is 21.9. The normalized spacial score (nSPS) is 9.97. The van der Waals surface area contributed by atoms with Crippen LogP contribution in [0.4, 0.5) is 34.1 Å². The number of rotatable bonds is 6. The quantitative estimate of drug-likeness (QED) is 0.238. The Hall–Kier alpha value is -2.43. The van der Waals surface area contributed by atoms with Crippen molar-refractivity contribution >= 4 is 52.7 Å². The molecule has 0 fully saturated rings. The summed E-state index contributed by atoms with van der Waals surface area (Å²) in [5, 5.41) is 9.89. The number of nitrogens with zero attached hydrogens (tertiary/aromatic N) is 3. The van der Waals surface area contributed by atoms with Crippen LogP contribution in [0.3, 0.4) is 0 Å². The van der Waals surface area contributed by atoms with Crippen LogP contribution in [0.5, 0.6) is 0 Å². The summed E-state index contributed by atoms with van der Waals surface area (Å²) >= 11 is -0.556. The Morgan fingerprint density at radius 1 is 0.545 bits per heavy atom. The van der Waals surface area contributed by atoms with Crippen LogP contribution >= 0.6 is 18.6 Å². The van der Waals surface area contributed by atoms with E-state index in [9.17, 15) is 0 Å². The number of hydrogen-bond acceptors (Lipinski definition) is 1. The maximum absolute atomic E-state index is 4.94. The van der Waals surface area contributed by atoms with E-state index in [0.29, 0.717) is 0 Å². The summed E-state index contributed by atoms with van der Waals surface area (Å²) in [6, 6.07) is 32.8. The molecule has 0 aliphatic carbocycles. The molecule has 0 unspecified atom stereocenters. The van der Waals surface area contributed by atoms with E-state index in [0.717, 1.165) is 45.3 Å². The van der Waals surface area contributed by atoms with Gasteiger partial charge in [-0.2, -0.15) is 0 Å². The van der Waals surface area contributed by atoms with Gasteiger partial charge in [-0.1, -0.05) is 96.1 Å². The van der Waals surface area contributed by atoms with Gasteiger partial charge in [-0.05, 0) is 26.0 Å². The van der Waals surface area contributed by atoms with Gasteiger partial charge in [-0.25, -0.2) is 0 Å². The number of aryl methyl sites for hydroxylation is 2. The second-order valence-electron chi connectivity index (χ2n) is 7.40. The Kier molecular flexibility index (Phi) is 9.71. The molecule has 4 aromatic rings. The molecule has 0 amide bonds. The molecule has 4 rings (SSSR count). The van der Waals surface area contributed by atoms with Gasteiger partial charge in [0.05, 0.1) is 0 Å². The molecule has 4 aromatic carbocycles. The summed E-state index contributed by atoms with van der Waals surface area (Å²) in [6.07, 6.45) is 0. The van der Waals surface area contributed by atoms with Crippen molar-refractivity contribution in [1.29, 1.82) is 0 Å². The molecule has 0 heterocycles. The van der Waals surface area contributed by atoms with Gasteiger partial charge in [0.2, 0.25) is 0 Å². The molecule has 6 heteroatoms. The SMILES string of the molecule is Cc1ccccc1[N-]c1ccccc1N(C)c1ccccc1[N-]c1ccccc1C.[Cl][Ti][Cl]. The summed E-state index contributed by atoms with van der Waals surface area (Å²) in [4.78, 5) is 2.16. The number of hydrogen-bond donors (Lipinski definition) is 0. The molecule has 0 saturated carbocycles. The molecule has 0 N–H and O–H groups in total. The summed E-state index contributed by atoms with van der Waals surface area (Å²) in [5.74, 6) is 0. The van der Waals surface area contributed by atoms with Crippen molar-refractivity contribution < 1.29 is 17.0 Å². The Bertz CT molecular complexity index is 1090. The van der Waals surface area contributed by atoms with Crippen molar-refractivity contribution in [1.82, 2.24) is 0 Å². The predicted octanol–water partition coefficient (Wildman–Crippen LogP) is 10.1. The first-order valence-corrected chi connectivity index (χ1v) is 14.8. The molecule has 168 valence electrons. The topological polar surface area (TPSA) is 31.4 Å². The fourth-order valence-electron chi connectivity index (χ4n) is 3.45. The molecule has 0 aliphatic heterocycles. The Morgan fingerprint density at radius 2 is 0.848 bits per heavy atom. The van der Waals surface area contributed by atoms with Crippen molar-refractivity contribution in [2.45, 2.75) is 13.8 Å². The first-order chi connectivity index (χ1) is 16.0. The predicted molar refractivity (Wildman–Crippen MR) is 140 cm³/mol. The number of anilines is 2. The van der Waals surface area contributed by atoms with E-state index in [4.69, 9.17) is 29.2 Å². The van der Waals surface area contributed by atoms with E-state index in [1.807, 2.05) is 60.7 Å². The summed E-state index contributed by atoms with van der Waals surface area (Å²) < 4.78 is 0. The van der Waals surface area contributed by atoms with Crippen LogP contribution in [0.15, 0.2) is 97.1 Å². The molecule has 0 bridgehead atoms. The van der Waals surface area contributed by atoms with Crippen molar-refractivity contribution in [3.05, 3.63) is 119 Å². The molecule has 0 saturated heterocycles. The van der Waals surface area contributed by atoms with Crippen molar-refractivity contribution in [2.75, 3.05) is 11.9 Å². The summed E-state index contributed by atoms with van der Waals surface area (Å²) in [7, 11) is 11.8. The Labute approximate surface area is 213 Å². The van der Waals surface area contributed by atoms with E-state index in [-0.39, 0.29) is 0 Å². The zero-order valence-electron chi connectivity index (χ0n) is 18.8. The Morgan fingerprint density at radius 3 is 1.21 bits per heavy atom. The standard InChI is InChI=1S/C27H25N3.2ClH.Ti/c1-20-12-4-6-14-22(20)28-24-16-8-10-18-26(24)30(3)27-19-11-9-17-25(27)29-23-15-7-5-13-21(23)2;;;/h4-19H,1-3H3;2*1H;/q-2;;;+2/p-2. The second kappa shape index (κ2) is 12.7. The van der Waals surface area contributed by atoms with Crippen molar-refractivity contribution in [3.63, 3.8) is 0 Å². The van der Waals surface area contributed by atoms with E-state index in [1.165, 1.54) is 0 Å². The molecule has 0 aliphatic rings. The molecule has 0 radical (unpaired) electrons. The van der Waals surface area contributed by atoms with Crippen LogP contribution in [0.1, 0.15) is 11.1 Å². The number of benzene rings is 4. The molecule has 3 nitrogen and oxygen atoms in total. The van der Waals surface area contributed by atoms with Gasteiger partial charge in [-0.15, -0.1) is 22.7 Å². The van der Waals surface area contributed by atoms with Crippen molar-refractivity contribution in [2.24, 2.45) is 0 Å². The second-order valence-corrected chi connectivity index (χ2v) is 9.98. The van der Waals surface area contributed by atoms with Gasteiger partial charge >= 0.3 is 35.6 Å². The molecular formula is C27H25Cl2N3Ti-2. The van der Waals surface area contributed by atoms with Crippen molar-refractivity contribution in [3.8, 4) is 0 Å². The molecule has 0 atom stereocenters. The van der Waals surface area contributed by atoms with Crippen LogP contribution in [-0.4, -0.2) is 7.05 Å². The van der Waals surface area contributed by atoms with Crippen LogP contribution in [-0.2, 0) is 17.0 Å². The minimum atomic E-state index is -0.556. The summed E-state index contributed by atoms with van der Waals surface area (Å²) in [6.45, 7) is 4.17. The minimum absolute atomic E-state index is 0.556. The number of halogens is 2. The molecule has 0 aromatic heterocycles. The van der Waals surface area contributed by atoms with Crippen LogP contribution in [0, 0.1) is 13.8 Å². The third kappa shape index (κ3) is 6.78.